The first-order valence-corrected chi connectivity index (χ1v) is 7.11. The number of nitrogens with zero attached hydrogens (tertiary/aromatic N) is 2. The number of benzene rings is 2. The summed E-state index contributed by atoms with van der Waals surface area (Å²) in [5.74, 6) is -0.291. The van der Waals surface area contributed by atoms with E-state index >= 15 is 0 Å². The Bertz CT molecular complexity index is 945. The Balaban J connectivity index is 2.23. The molecule has 3 aromatic rings. The molecule has 3 rings (SSSR count). The van der Waals surface area contributed by atoms with Crippen LogP contribution in [0.15, 0.2) is 48.5 Å². The number of carbonyl (C=O) groups excluding carboxylic acids is 1. The molecule has 2 aromatic carbocycles. The van der Waals surface area contributed by atoms with Crippen LogP contribution in [-0.2, 0) is 11.8 Å². The van der Waals surface area contributed by atoms with Gasteiger partial charge in [0.2, 0.25) is 5.75 Å². The fourth-order valence-electron chi connectivity index (χ4n) is 2.59. The molecule has 0 saturated carbocycles. The number of nitro groups is 1. The van der Waals surface area contributed by atoms with E-state index in [4.69, 9.17) is 9.47 Å². The molecule has 122 valence electrons. The van der Waals surface area contributed by atoms with Crippen LogP contribution in [0.25, 0.3) is 10.9 Å². The smallest absolute Gasteiger partial charge is 0.358 e. The van der Waals surface area contributed by atoms with E-state index in [2.05, 4.69) is 0 Å². The molecule has 0 fully saturated rings. The van der Waals surface area contributed by atoms with E-state index in [0.717, 1.165) is 5.52 Å². The van der Waals surface area contributed by atoms with E-state index in [1.807, 2.05) is 12.1 Å². The number of carbonyl (C=O) groups is 1. The lowest BCUT2D eigenvalue weighted by atomic mass is 10.2. The van der Waals surface area contributed by atoms with Crippen molar-refractivity contribution in [2.75, 3.05) is 7.11 Å². The van der Waals surface area contributed by atoms with Gasteiger partial charge in [-0.05, 0) is 18.2 Å². The third-order valence-electron chi connectivity index (χ3n) is 3.71. The number of rotatable bonds is 4. The van der Waals surface area contributed by atoms with Crippen LogP contribution in [0.1, 0.15) is 10.5 Å². The summed E-state index contributed by atoms with van der Waals surface area (Å²) in [4.78, 5) is 22.8. The van der Waals surface area contributed by atoms with Gasteiger partial charge in [0.15, 0.2) is 11.4 Å². The third kappa shape index (κ3) is 2.45. The average Bonchev–Trinajstić information content (AvgIpc) is 2.87. The number of aryl methyl sites for hydroxylation is 1. The highest BCUT2D eigenvalue weighted by atomic mass is 16.6. The van der Waals surface area contributed by atoms with Gasteiger partial charge >= 0.3 is 11.7 Å². The van der Waals surface area contributed by atoms with Crippen LogP contribution < -0.4 is 4.74 Å². The molecule has 0 spiro atoms. The molecule has 0 bridgehead atoms. The van der Waals surface area contributed by atoms with Crippen LogP contribution in [0.5, 0.6) is 11.5 Å². The van der Waals surface area contributed by atoms with E-state index in [9.17, 15) is 14.9 Å². The molecule has 7 heteroatoms. The highest BCUT2D eigenvalue weighted by molar-refractivity contribution is 6.02. The zero-order valence-electron chi connectivity index (χ0n) is 13.1. The lowest BCUT2D eigenvalue weighted by Gasteiger charge is -2.08. The molecular formula is C17H14N2O5. The van der Waals surface area contributed by atoms with Crippen LogP contribution in [0.2, 0.25) is 0 Å². The molecule has 7 nitrogen and oxygen atoms in total. The second-order valence-electron chi connectivity index (χ2n) is 5.07. The van der Waals surface area contributed by atoms with Gasteiger partial charge in [-0.3, -0.25) is 10.1 Å². The molecule has 0 aliphatic carbocycles. The van der Waals surface area contributed by atoms with Crippen molar-refractivity contribution in [3.63, 3.8) is 0 Å². The van der Waals surface area contributed by atoms with Crippen LogP contribution >= 0.6 is 0 Å². The maximum Gasteiger partial charge on any atom is 0.358 e. The number of esters is 1. The number of aromatic nitrogens is 1. The second kappa shape index (κ2) is 6.04. The Morgan fingerprint density at radius 1 is 1.12 bits per heavy atom. The molecule has 0 radical (unpaired) electrons. The lowest BCUT2D eigenvalue weighted by Crippen LogP contribution is -2.09. The average molecular weight is 326 g/mol. The first kappa shape index (κ1) is 15.5. The fourth-order valence-corrected chi connectivity index (χ4v) is 2.59. The molecule has 0 amide bonds. The molecule has 0 saturated heterocycles. The fraction of sp³-hybridized carbons (Fsp3) is 0.118. The standard InChI is InChI=1S/C17H14N2O5/c1-18-12-8-4-3-7-11(12)16(15(18)17(20)23-2)24-14-10-6-5-9-13(14)19(21)22/h3-10H,1-2H3. The van der Waals surface area contributed by atoms with Gasteiger partial charge in [0, 0.05) is 18.5 Å². The highest BCUT2D eigenvalue weighted by Crippen LogP contribution is 2.39. The molecule has 24 heavy (non-hydrogen) atoms. The van der Waals surface area contributed by atoms with Crippen LogP contribution in [0, 0.1) is 10.1 Å². The lowest BCUT2D eigenvalue weighted by molar-refractivity contribution is -0.385. The SMILES string of the molecule is COC(=O)c1c(Oc2ccccc2[N+](=O)[O-])c2ccccc2n1C. The van der Waals surface area contributed by atoms with Crippen LogP contribution in [0.3, 0.4) is 0 Å². The predicted octanol–water partition coefficient (Wildman–Crippen LogP) is 3.67. The second-order valence-corrected chi connectivity index (χ2v) is 5.07. The minimum atomic E-state index is -0.581. The van der Waals surface area contributed by atoms with Crippen molar-refractivity contribution in [3.05, 3.63) is 64.3 Å². The quantitative estimate of drug-likeness (QED) is 0.415. The zero-order chi connectivity index (χ0) is 17.3. The van der Waals surface area contributed by atoms with Gasteiger partial charge in [0.05, 0.1) is 17.5 Å². The van der Waals surface area contributed by atoms with E-state index in [-0.39, 0.29) is 22.9 Å². The van der Waals surface area contributed by atoms with Gasteiger partial charge in [0.25, 0.3) is 0 Å². The van der Waals surface area contributed by atoms with Crippen molar-refractivity contribution in [3.8, 4) is 11.5 Å². The molecule has 0 aliphatic rings. The largest absolute Gasteiger partial charge is 0.464 e. The van der Waals surface area contributed by atoms with E-state index in [1.165, 1.54) is 19.2 Å². The maximum atomic E-state index is 12.2. The number of fused-ring (bicyclic) bond motifs is 1. The van der Waals surface area contributed by atoms with Crippen molar-refractivity contribution < 1.29 is 19.2 Å². The van der Waals surface area contributed by atoms with Gasteiger partial charge in [-0.2, -0.15) is 0 Å². The summed E-state index contributed by atoms with van der Waals surface area (Å²) in [5, 5.41) is 11.8. The first-order chi connectivity index (χ1) is 11.5. The van der Waals surface area contributed by atoms with Crippen molar-refractivity contribution in [1.29, 1.82) is 0 Å². The number of nitro benzene ring substituents is 1. The first-order valence-electron chi connectivity index (χ1n) is 7.11. The molecular weight excluding hydrogens is 312 g/mol. The van der Waals surface area contributed by atoms with Crippen molar-refractivity contribution in [2.24, 2.45) is 7.05 Å². The minimum Gasteiger partial charge on any atom is -0.464 e. The van der Waals surface area contributed by atoms with Gasteiger partial charge in [0.1, 0.15) is 0 Å². The molecule has 1 aromatic heterocycles. The summed E-state index contributed by atoms with van der Waals surface area (Å²) in [6.07, 6.45) is 0. The van der Waals surface area contributed by atoms with Crippen molar-refractivity contribution >= 4 is 22.6 Å². The number of hydrogen-bond donors (Lipinski definition) is 0. The van der Waals surface area contributed by atoms with E-state index < -0.39 is 10.9 Å². The van der Waals surface area contributed by atoms with Gasteiger partial charge in [-0.15, -0.1) is 0 Å². The summed E-state index contributed by atoms with van der Waals surface area (Å²) in [5.41, 5.74) is 0.768. The summed E-state index contributed by atoms with van der Waals surface area (Å²) >= 11 is 0. The monoisotopic (exact) mass is 326 g/mol. The Morgan fingerprint density at radius 3 is 2.50 bits per heavy atom. The molecule has 1 heterocycles. The van der Waals surface area contributed by atoms with E-state index in [0.29, 0.717) is 5.39 Å². The summed E-state index contributed by atoms with van der Waals surface area (Å²) in [7, 11) is 2.98. The number of methoxy groups -OCH3 is 1. The maximum absolute atomic E-state index is 12.2. The number of para-hydroxylation sites is 3. The Hall–Kier alpha value is -3.35. The van der Waals surface area contributed by atoms with Gasteiger partial charge in [-0.1, -0.05) is 24.3 Å². The Morgan fingerprint density at radius 2 is 1.79 bits per heavy atom. The minimum absolute atomic E-state index is 0.0593. The van der Waals surface area contributed by atoms with Crippen LogP contribution in [0.4, 0.5) is 5.69 Å². The van der Waals surface area contributed by atoms with Crippen molar-refractivity contribution in [1.82, 2.24) is 4.57 Å². The van der Waals surface area contributed by atoms with Gasteiger partial charge < -0.3 is 14.0 Å². The highest BCUT2D eigenvalue weighted by Gasteiger charge is 2.25. The number of hydrogen-bond acceptors (Lipinski definition) is 5. The van der Waals surface area contributed by atoms with Crippen molar-refractivity contribution in [2.45, 2.75) is 0 Å². The normalized spacial score (nSPS) is 10.6. The Kier molecular flexibility index (Phi) is 3.91. The Labute approximate surface area is 137 Å². The summed E-state index contributed by atoms with van der Waals surface area (Å²) in [6, 6.07) is 13.3. The molecule has 0 N–H and O–H groups in total. The van der Waals surface area contributed by atoms with Crippen LogP contribution in [-0.4, -0.2) is 22.6 Å². The number of ether oxygens (including phenoxy) is 2. The molecule has 0 aliphatic heterocycles. The van der Waals surface area contributed by atoms with Gasteiger partial charge in [-0.25, -0.2) is 4.79 Å². The predicted molar refractivity (Wildman–Crippen MR) is 87.4 cm³/mol. The topological polar surface area (TPSA) is 83.6 Å². The molecule has 0 atom stereocenters. The summed E-state index contributed by atoms with van der Waals surface area (Å²) < 4.78 is 12.3. The van der Waals surface area contributed by atoms with E-state index in [1.54, 1.807) is 35.9 Å². The summed E-state index contributed by atoms with van der Waals surface area (Å²) in [6.45, 7) is 0. The third-order valence-corrected chi connectivity index (χ3v) is 3.71. The molecule has 0 unspecified atom stereocenters. The zero-order valence-corrected chi connectivity index (χ0v) is 13.1.